The first-order chi connectivity index (χ1) is 14.5. The van der Waals surface area contributed by atoms with Gasteiger partial charge < -0.3 is 0 Å². The highest BCUT2D eigenvalue weighted by atomic mass is 79.9. The van der Waals surface area contributed by atoms with Gasteiger partial charge in [0, 0.05) is 24.7 Å². The summed E-state index contributed by atoms with van der Waals surface area (Å²) in [6, 6.07) is 28.7. The molecule has 0 aromatic heterocycles. The van der Waals surface area contributed by atoms with E-state index in [1.165, 1.54) is 17.4 Å². The first-order valence-corrected chi connectivity index (χ1v) is 12.9. The minimum absolute atomic E-state index is 0.103. The standard InChI is InChI=1S/C25H24BrNO2S/c1-30(28,29)25(22-14-8-9-19(15-22)16-26)23-17-27(18-23)24(20-10-4-2-5-11-20)21-12-6-3-7-13-21/h2-15,24H,16-18H2,1H3. The van der Waals surface area contributed by atoms with E-state index in [4.69, 9.17) is 0 Å². The lowest BCUT2D eigenvalue weighted by atomic mass is 9.92. The molecule has 0 bridgehead atoms. The van der Waals surface area contributed by atoms with Crippen molar-refractivity contribution in [2.24, 2.45) is 0 Å². The number of rotatable bonds is 6. The van der Waals surface area contributed by atoms with Gasteiger partial charge in [-0.1, -0.05) is 94.8 Å². The summed E-state index contributed by atoms with van der Waals surface area (Å²) in [4.78, 5) is 2.81. The quantitative estimate of drug-likeness (QED) is 0.439. The van der Waals surface area contributed by atoms with Gasteiger partial charge >= 0.3 is 0 Å². The van der Waals surface area contributed by atoms with Crippen LogP contribution in [0.25, 0.3) is 4.91 Å². The topological polar surface area (TPSA) is 37.4 Å². The summed E-state index contributed by atoms with van der Waals surface area (Å²) in [5, 5.41) is 0.698. The predicted octanol–water partition coefficient (Wildman–Crippen LogP) is 5.44. The van der Waals surface area contributed by atoms with Crippen LogP contribution in [0.3, 0.4) is 0 Å². The molecule has 0 radical (unpaired) electrons. The lowest BCUT2D eigenvalue weighted by Crippen LogP contribution is -2.44. The molecule has 0 atom stereocenters. The molecule has 0 N–H and O–H groups in total. The lowest BCUT2D eigenvalue weighted by molar-refractivity contribution is 0.203. The molecule has 1 heterocycles. The molecule has 1 aliphatic heterocycles. The summed E-state index contributed by atoms with van der Waals surface area (Å²) in [5.74, 6) is 0. The van der Waals surface area contributed by atoms with Crippen LogP contribution in [-0.4, -0.2) is 32.7 Å². The van der Waals surface area contributed by atoms with E-state index in [1.807, 2.05) is 36.4 Å². The van der Waals surface area contributed by atoms with Gasteiger partial charge in [-0.3, -0.25) is 4.90 Å². The van der Waals surface area contributed by atoms with Gasteiger partial charge in [-0.05, 0) is 33.9 Å². The molecule has 1 fully saturated rings. The lowest BCUT2D eigenvalue weighted by Gasteiger charge is -2.42. The Morgan fingerprint density at radius 1 is 0.900 bits per heavy atom. The van der Waals surface area contributed by atoms with E-state index in [9.17, 15) is 8.42 Å². The molecule has 4 rings (SSSR count). The van der Waals surface area contributed by atoms with Gasteiger partial charge in [-0.15, -0.1) is 0 Å². The zero-order valence-corrected chi connectivity index (χ0v) is 19.2. The third-order valence-corrected chi connectivity index (χ3v) is 7.33. The van der Waals surface area contributed by atoms with Crippen LogP contribution in [-0.2, 0) is 15.2 Å². The van der Waals surface area contributed by atoms with E-state index in [1.54, 1.807) is 0 Å². The Labute approximate surface area is 187 Å². The van der Waals surface area contributed by atoms with Crippen LogP contribution < -0.4 is 0 Å². The molecule has 5 heteroatoms. The first kappa shape index (κ1) is 21.0. The fraction of sp³-hybridized carbons (Fsp3) is 0.200. The summed E-state index contributed by atoms with van der Waals surface area (Å²) >= 11 is 3.47. The Kier molecular flexibility index (Phi) is 6.23. The largest absolute Gasteiger partial charge is 0.284 e. The number of sulfone groups is 1. The van der Waals surface area contributed by atoms with Crippen molar-refractivity contribution < 1.29 is 8.42 Å². The van der Waals surface area contributed by atoms with Crippen LogP contribution in [0.15, 0.2) is 90.5 Å². The molecule has 3 aromatic rings. The second-order valence-corrected chi connectivity index (χ2v) is 10.2. The molecule has 0 aliphatic carbocycles. The van der Waals surface area contributed by atoms with Crippen molar-refractivity contribution in [1.29, 1.82) is 0 Å². The van der Waals surface area contributed by atoms with E-state index < -0.39 is 9.84 Å². The molecule has 3 nitrogen and oxygen atoms in total. The third-order valence-electron chi connectivity index (χ3n) is 5.42. The first-order valence-electron chi connectivity index (χ1n) is 9.88. The molecule has 0 saturated carbocycles. The van der Waals surface area contributed by atoms with Gasteiger partial charge in [0.05, 0.1) is 10.9 Å². The van der Waals surface area contributed by atoms with Gasteiger partial charge in [0.15, 0.2) is 9.84 Å². The predicted molar refractivity (Wildman–Crippen MR) is 127 cm³/mol. The maximum Gasteiger partial charge on any atom is 0.176 e. The number of likely N-dealkylation sites (tertiary alicyclic amines) is 1. The Hall–Kier alpha value is -2.21. The van der Waals surface area contributed by atoms with Gasteiger partial charge in [-0.2, -0.15) is 0 Å². The van der Waals surface area contributed by atoms with Crippen LogP contribution in [0.5, 0.6) is 0 Å². The van der Waals surface area contributed by atoms with Crippen molar-refractivity contribution in [1.82, 2.24) is 4.90 Å². The van der Waals surface area contributed by atoms with E-state index >= 15 is 0 Å². The average Bonchev–Trinajstić information content (AvgIpc) is 2.73. The summed E-state index contributed by atoms with van der Waals surface area (Å²) in [6.07, 6.45) is 1.31. The van der Waals surface area contributed by atoms with Crippen molar-refractivity contribution >= 4 is 30.7 Å². The number of alkyl halides is 1. The smallest absolute Gasteiger partial charge is 0.176 e. The molecule has 0 spiro atoms. The molecular formula is C25H24BrNO2S. The second kappa shape index (κ2) is 8.88. The monoisotopic (exact) mass is 481 g/mol. The number of hydrogen-bond acceptors (Lipinski definition) is 3. The fourth-order valence-electron chi connectivity index (χ4n) is 4.13. The second-order valence-electron chi connectivity index (χ2n) is 7.67. The maximum absolute atomic E-state index is 12.7. The Bertz CT molecular complexity index is 1110. The van der Waals surface area contributed by atoms with Crippen molar-refractivity contribution in [2.75, 3.05) is 19.3 Å². The molecule has 1 aliphatic rings. The highest BCUT2D eigenvalue weighted by Crippen LogP contribution is 2.38. The molecule has 0 amide bonds. The van der Waals surface area contributed by atoms with E-state index in [0.717, 1.165) is 16.7 Å². The highest BCUT2D eigenvalue weighted by molar-refractivity contribution is 9.08. The fourth-order valence-corrected chi connectivity index (χ4v) is 5.69. The van der Waals surface area contributed by atoms with Gasteiger partial charge in [0.25, 0.3) is 0 Å². The zero-order valence-electron chi connectivity index (χ0n) is 16.8. The summed E-state index contributed by atoms with van der Waals surface area (Å²) in [5.41, 5.74) is 5.24. The maximum atomic E-state index is 12.7. The van der Waals surface area contributed by atoms with Gasteiger partial charge in [0.2, 0.25) is 0 Å². The summed E-state index contributed by atoms with van der Waals surface area (Å²) in [7, 11) is -3.34. The Morgan fingerprint density at radius 3 is 1.97 bits per heavy atom. The summed E-state index contributed by atoms with van der Waals surface area (Å²) in [6.45, 7) is 1.27. The number of halogens is 1. The van der Waals surface area contributed by atoms with E-state index in [-0.39, 0.29) is 6.04 Å². The zero-order chi connectivity index (χ0) is 21.1. The Morgan fingerprint density at radius 2 is 1.47 bits per heavy atom. The highest BCUT2D eigenvalue weighted by Gasteiger charge is 2.34. The van der Waals surface area contributed by atoms with Crippen molar-refractivity contribution in [3.8, 4) is 0 Å². The average molecular weight is 482 g/mol. The summed E-state index contributed by atoms with van der Waals surface area (Å²) < 4.78 is 25.4. The molecule has 1 saturated heterocycles. The molecule has 3 aromatic carbocycles. The molecule has 0 unspecified atom stereocenters. The minimum atomic E-state index is -3.34. The van der Waals surface area contributed by atoms with Gasteiger partial charge in [0.1, 0.15) is 0 Å². The Balaban J connectivity index is 1.71. The number of hydrogen-bond donors (Lipinski definition) is 0. The normalized spacial score (nSPS) is 14.6. The van der Waals surface area contributed by atoms with Crippen LogP contribution in [0.4, 0.5) is 0 Å². The van der Waals surface area contributed by atoms with Crippen LogP contribution in [0, 0.1) is 0 Å². The minimum Gasteiger partial charge on any atom is -0.284 e. The molecule has 154 valence electrons. The van der Waals surface area contributed by atoms with Gasteiger partial charge in [-0.25, -0.2) is 8.42 Å². The van der Waals surface area contributed by atoms with Crippen LogP contribution in [0.2, 0.25) is 0 Å². The van der Waals surface area contributed by atoms with Crippen molar-refractivity contribution in [3.05, 3.63) is 113 Å². The number of benzene rings is 3. The van der Waals surface area contributed by atoms with Crippen molar-refractivity contribution in [2.45, 2.75) is 11.4 Å². The SMILES string of the molecule is CS(=O)(=O)C(=C1CN(C(c2ccccc2)c2ccccc2)C1)c1cccc(CBr)c1. The van der Waals surface area contributed by atoms with E-state index in [0.29, 0.717) is 23.3 Å². The van der Waals surface area contributed by atoms with Crippen LogP contribution >= 0.6 is 15.9 Å². The molecule has 30 heavy (non-hydrogen) atoms. The number of nitrogens with zero attached hydrogens (tertiary/aromatic N) is 1. The third kappa shape index (κ3) is 4.43. The van der Waals surface area contributed by atoms with Crippen molar-refractivity contribution in [3.63, 3.8) is 0 Å². The van der Waals surface area contributed by atoms with E-state index in [2.05, 4.69) is 69.4 Å². The molecular weight excluding hydrogens is 458 g/mol. The van der Waals surface area contributed by atoms with Crippen LogP contribution in [0.1, 0.15) is 28.3 Å².